The summed E-state index contributed by atoms with van der Waals surface area (Å²) in [7, 11) is 0. The number of hydrogen-bond donors (Lipinski definition) is 3. The number of ether oxygens (including phenoxy) is 1. The lowest BCUT2D eigenvalue weighted by molar-refractivity contribution is -0.137. The number of anilines is 1. The second-order valence-electron chi connectivity index (χ2n) is 5.39. The van der Waals surface area contributed by atoms with E-state index >= 15 is 0 Å². The van der Waals surface area contributed by atoms with Crippen LogP contribution in [0.15, 0.2) is 48.5 Å². The number of carbonyl (C=O) groups excluding carboxylic acids is 2. The van der Waals surface area contributed by atoms with E-state index in [1.54, 1.807) is 18.2 Å². The van der Waals surface area contributed by atoms with Crippen LogP contribution < -0.4 is 21.1 Å². The van der Waals surface area contributed by atoms with Gasteiger partial charge < -0.3 is 21.1 Å². The monoisotopic (exact) mass is 391 g/mol. The highest BCUT2D eigenvalue weighted by molar-refractivity contribution is 5.95. The summed E-state index contributed by atoms with van der Waals surface area (Å²) in [6, 6.07) is 9.87. The van der Waals surface area contributed by atoms with E-state index in [1.165, 1.54) is 6.07 Å². The Hall–Kier alpha value is -3.67. The zero-order valence-electron chi connectivity index (χ0n) is 14.5. The Kier molecular flexibility index (Phi) is 6.87. The molecular weight excluding hydrogens is 375 g/mol. The van der Waals surface area contributed by atoms with Crippen molar-refractivity contribution in [2.45, 2.75) is 6.18 Å². The summed E-state index contributed by atoms with van der Waals surface area (Å²) in [6.45, 7) is -0.0280. The number of rotatable bonds is 5. The molecule has 9 heteroatoms. The molecule has 3 amide bonds. The fourth-order valence-electron chi connectivity index (χ4n) is 2.07. The number of benzene rings is 2. The van der Waals surface area contributed by atoms with E-state index in [4.69, 9.17) is 10.5 Å². The van der Waals surface area contributed by atoms with Gasteiger partial charge in [0.05, 0.1) is 17.7 Å². The maximum absolute atomic E-state index is 12.5. The quantitative estimate of drug-likeness (QED) is 0.684. The molecule has 0 unspecified atom stereocenters. The molecule has 0 saturated carbocycles. The van der Waals surface area contributed by atoms with Gasteiger partial charge in [0, 0.05) is 5.69 Å². The number of nitrogens with one attached hydrogen (secondary N) is 2. The van der Waals surface area contributed by atoms with Crippen molar-refractivity contribution in [2.24, 2.45) is 5.73 Å². The first-order chi connectivity index (χ1) is 13.3. The highest BCUT2D eigenvalue weighted by atomic mass is 19.4. The summed E-state index contributed by atoms with van der Waals surface area (Å²) in [5.41, 5.74) is 4.87. The Morgan fingerprint density at radius 2 is 1.71 bits per heavy atom. The number of nitrogens with two attached hydrogens (primary N) is 1. The first-order valence-electron chi connectivity index (χ1n) is 7.97. The molecule has 146 valence electrons. The van der Waals surface area contributed by atoms with Crippen LogP contribution >= 0.6 is 0 Å². The van der Waals surface area contributed by atoms with Gasteiger partial charge in [-0.25, -0.2) is 4.79 Å². The Labute approximate surface area is 158 Å². The smallest absolute Gasteiger partial charge is 0.416 e. The van der Waals surface area contributed by atoms with Crippen LogP contribution in [0.1, 0.15) is 15.9 Å². The molecular formula is C19H16F3N3O3. The summed E-state index contributed by atoms with van der Waals surface area (Å²) in [5, 5.41) is 4.82. The summed E-state index contributed by atoms with van der Waals surface area (Å²) in [4.78, 5) is 22.9. The number of halogens is 3. The largest absolute Gasteiger partial charge is 0.480 e. The van der Waals surface area contributed by atoms with Crippen molar-refractivity contribution in [3.63, 3.8) is 0 Å². The number of carbonyl (C=O) groups is 2. The first-order valence-corrected chi connectivity index (χ1v) is 7.97. The molecule has 0 bridgehead atoms. The molecule has 0 saturated heterocycles. The third-order valence-corrected chi connectivity index (χ3v) is 3.38. The first kappa shape index (κ1) is 20.6. The molecule has 28 heavy (non-hydrogen) atoms. The van der Waals surface area contributed by atoms with Crippen LogP contribution in [0.3, 0.4) is 0 Å². The minimum atomic E-state index is -4.43. The molecule has 0 spiro atoms. The topological polar surface area (TPSA) is 93.5 Å². The van der Waals surface area contributed by atoms with Gasteiger partial charge in [-0.15, -0.1) is 0 Å². The Morgan fingerprint density at radius 1 is 1.04 bits per heavy atom. The summed E-state index contributed by atoms with van der Waals surface area (Å²) >= 11 is 0. The SMILES string of the molecule is NC(=O)c1ccccc1OCC#CCNC(=O)Nc1ccc(C(F)(F)F)cc1. The highest BCUT2D eigenvalue weighted by Gasteiger charge is 2.29. The zero-order chi connectivity index (χ0) is 20.6. The maximum atomic E-state index is 12.5. The standard InChI is InChI=1S/C19H16F3N3O3/c20-19(21,22)13-7-9-14(10-8-13)25-18(27)24-11-3-4-12-28-16-6-2-1-5-15(16)17(23)26/h1-2,5-10H,11-12H2,(H2,23,26)(H2,24,25,27). The number of para-hydroxylation sites is 1. The molecule has 2 aromatic rings. The van der Waals surface area contributed by atoms with E-state index in [-0.39, 0.29) is 24.4 Å². The minimum Gasteiger partial charge on any atom is -0.480 e. The van der Waals surface area contributed by atoms with Crippen LogP contribution in [0.5, 0.6) is 5.75 Å². The van der Waals surface area contributed by atoms with Crippen molar-refractivity contribution in [1.29, 1.82) is 0 Å². The van der Waals surface area contributed by atoms with Gasteiger partial charge in [-0.2, -0.15) is 13.2 Å². The lowest BCUT2D eigenvalue weighted by Crippen LogP contribution is -2.29. The third kappa shape index (κ3) is 6.25. The van der Waals surface area contributed by atoms with Crippen LogP contribution in [0.25, 0.3) is 0 Å². The van der Waals surface area contributed by atoms with Crippen molar-refractivity contribution in [3.8, 4) is 17.6 Å². The van der Waals surface area contributed by atoms with E-state index in [2.05, 4.69) is 22.5 Å². The fourth-order valence-corrected chi connectivity index (χ4v) is 2.07. The molecule has 0 heterocycles. The number of primary amides is 1. The molecule has 0 radical (unpaired) electrons. The maximum Gasteiger partial charge on any atom is 0.416 e. The molecule has 0 fully saturated rings. The van der Waals surface area contributed by atoms with Crippen molar-refractivity contribution in [1.82, 2.24) is 5.32 Å². The molecule has 0 aliphatic heterocycles. The van der Waals surface area contributed by atoms with Crippen LogP contribution in [-0.4, -0.2) is 25.1 Å². The average Bonchev–Trinajstić information content (AvgIpc) is 2.64. The lowest BCUT2D eigenvalue weighted by Gasteiger charge is -2.08. The van der Waals surface area contributed by atoms with Crippen molar-refractivity contribution >= 4 is 17.6 Å². The summed E-state index contributed by atoms with van der Waals surface area (Å²) in [6.07, 6.45) is -4.43. The van der Waals surface area contributed by atoms with Crippen molar-refractivity contribution < 1.29 is 27.5 Å². The summed E-state index contributed by atoms with van der Waals surface area (Å²) in [5.74, 6) is 4.97. The van der Waals surface area contributed by atoms with Crippen molar-refractivity contribution in [3.05, 3.63) is 59.7 Å². The van der Waals surface area contributed by atoms with Gasteiger partial charge in [0.1, 0.15) is 12.4 Å². The molecule has 6 nitrogen and oxygen atoms in total. The van der Waals surface area contributed by atoms with E-state index in [0.717, 1.165) is 24.3 Å². The van der Waals surface area contributed by atoms with Gasteiger partial charge in [0.25, 0.3) is 5.91 Å². The molecule has 0 aromatic heterocycles. The van der Waals surface area contributed by atoms with E-state index in [9.17, 15) is 22.8 Å². The molecule has 0 aliphatic rings. The van der Waals surface area contributed by atoms with Crippen LogP contribution in [0, 0.1) is 11.8 Å². The second kappa shape index (κ2) is 9.32. The predicted molar refractivity (Wildman–Crippen MR) is 96.7 cm³/mol. The van der Waals surface area contributed by atoms with Gasteiger partial charge in [0.15, 0.2) is 0 Å². The van der Waals surface area contributed by atoms with Gasteiger partial charge in [-0.05, 0) is 36.4 Å². The number of urea groups is 1. The van der Waals surface area contributed by atoms with Crippen molar-refractivity contribution in [2.75, 3.05) is 18.5 Å². The summed E-state index contributed by atoms with van der Waals surface area (Å²) < 4.78 is 42.8. The molecule has 4 N–H and O–H groups in total. The van der Waals surface area contributed by atoms with E-state index in [1.807, 2.05) is 0 Å². The molecule has 2 aromatic carbocycles. The molecule has 0 atom stereocenters. The second-order valence-corrected chi connectivity index (χ2v) is 5.39. The van der Waals surface area contributed by atoms with Crippen LogP contribution in [-0.2, 0) is 6.18 Å². The minimum absolute atomic E-state index is 0.00665. The van der Waals surface area contributed by atoms with Gasteiger partial charge in [-0.3, -0.25) is 4.79 Å². The lowest BCUT2D eigenvalue weighted by atomic mass is 10.2. The van der Waals surface area contributed by atoms with Gasteiger partial charge in [0.2, 0.25) is 0 Å². The highest BCUT2D eigenvalue weighted by Crippen LogP contribution is 2.29. The Morgan fingerprint density at radius 3 is 2.36 bits per heavy atom. The Balaban J connectivity index is 1.75. The van der Waals surface area contributed by atoms with Gasteiger partial charge >= 0.3 is 12.2 Å². The molecule has 0 aliphatic carbocycles. The number of alkyl halides is 3. The third-order valence-electron chi connectivity index (χ3n) is 3.38. The van der Waals surface area contributed by atoms with Gasteiger partial charge in [-0.1, -0.05) is 24.0 Å². The molecule has 2 rings (SSSR count). The Bertz CT molecular complexity index is 900. The van der Waals surface area contributed by atoms with Crippen LogP contribution in [0.4, 0.5) is 23.7 Å². The normalized spacial score (nSPS) is 10.4. The van der Waals surface area contributed by atoms with E-state index < -0.39 is 23.7 Å². The number of amides is 3. The fraction of sp³-hybridized carbons (Fsp3) is 0.158. The van der Waals surface area contributed by atoms with E-state index in [0.29, 0.717) is 5.75 Å². The average molecular weight is 391 g/mol. The zero-order valence-corrected chi connectivity index (χ0v) is 14.5. The van der Waals surface area contributed by atoms with Crippen LogP contribution in [0.2, 0.25) is 0 Å². The predicted octanol–water partition coefficient (Wildman–Crippen LogP) is 3.01. The number of hydrogen-bond acceptors (Lipinski definition) is 3.